The van der Waals surface area contributed by atoms with Crippen LogP contribution in [-0.2, 0) is 0 Å². The van der Waals surface area contributed by atoms with Gasteiger partial charge in [0.15, 0.2) is 5.43 Å². The average molecular weight is 179 g/mol. The van der Waals surface area contributed by atoms with Crippen molar-refractivity contribution in [2.24, 2.45) is 10.2 Å². The molecule has 1 heterocycles. The van der Waals surface area contributed by atoms with Gasteiger partial charge in [0.1, 0.15) is 0 Å². The van der Waals surface area contributed by atoms with Crippen LogP contribution in [0.15, 0.2) is 39.5 Å². The maximum absolute atomic E-state index is 10.2. The van der Waals surface area contributed by atoms with E-state index in [1.54, 1.807) is 24.8 Å². The molecular weight excluding hydrogens is 166 g/mol. The third-order valence-corrected chi connectivity index (χ3v) is 0.985. The zero-order valence-corrected chi connectivity index (χ0v) is 7.77. The Morgan fingerprint density at radius 2 is 1.62 bits per heavy atom. The lowest BCUT2D eigenvalue weighted by Gasteiger charge is -1.73. The second-order valence-corrected chi connectivity index (χ2v) is 1.98. The van der Waals surface area contributed by atoms with Crippen molar-refractivity contribution in [3.8, 4) is 0 Å². The van der Waals surface area contributed by atoms with Crippen molar-refractivity contribution >= 4 is 12.4 Å². The molecule has 0 aliphatic carbocycles. The maximum atomic E-state index is 10.2. The first-order chi connectivity index (χ1) is 6.31. The molecule has 1 aromatic heterocycles. The zero-order valence-electron chi connectivity index (χ0n) is 7.77. The summed E-state index contributed by atoms with van der Waals surface area (Å²) in [5, 5.41) is 7.07. The number of aromatic amines is 1. The van der Waals surface area contributed by atoms with Gasteiger partial charge in [-0.15, -0.1) is 0 Å². The summed E-state index contributed by atoms with van der Waals surface area (Å²) in [4.78, 5) is 13.0. The zero-order chi connectivity index (χ0) is 9.94. The fourth-order valence-electron chi connectivity index (χ4n) is 0.505. The minimum Gasteiger partial charge on any atom is -0.367 e. The van der Waals surface area contributed by atoms with Gasteiger partial charge in [0, 0.05) is 37.0 Å². The molecule has 13 heavy (non-hydrogen) atoms. The van der Waals surface area contributed by atoms with Gasteiger partial charge in [0.05, 0.1) is 0 Å². The molecule has 1 aromatic rings. The van der Waals surface area contributed by atoms with Crippen LogP contribution in [0.4, 0.5) is 0 Å². The van der Waals surface area contributed by atoms with Crippen molar-refractivity contribution in [3.63, 3.8) is 0 Å². The number of hydrogen-bond donors (Lipinski definition) is 1. The first kappa shape index (κ1) is 11.3. The molecule has 0 saturated carbocycles. The number of H-pyrrole nitrogens is 1. The van der Waals surface area contributed by atoms with Gasteiger partial charge in [0.25, 0.3) is 0 Å². The Morgan fingerprint density at radius 3 is 1.85 bits per heavy atom. The van der Waals surface area contributed by atoms with Gasteiger partial charge in [-0.05, 0) is 13.8 Å². The number of pyridine rings is 1. The second kappa shape index (κ2) is 8.39. The van der Waals surface area contributed by atoms with Crippen molar-refractivity contribution in [3.05, 3.63) is 34.7 Å². The molecule has 1 rings (SSSR count). The summed E-state index contributed by atoms with van der Waals surface area (Å²) < 4.78 is 0. The van der Waals surface area contributed by atoms with E-state index >= 15 is 0 Å². The lowest BCUT2D eigenvalue weighted by atomic mass is 10.5. The van der Waals surface area contributed by atoms with Gasteiger partial charge in [-0.3, -0.25) is 4.79 Å². The summed E-state index contributed by atoms with van der Waals surface area (Å²) in [6.45, 7) is 3.65. The van der Waals surface area contributed by atoms with Gasteiger partial charge in [-0.2, -0.15) is 10.2 Å². The summed E-state index contributed by atoms with van der Waals surface area (Å²) in [7, 11) is 0. The molecule has 4 nitrogen and oxygen atoms in total. The summed E-state index contributed by atoms with van der Waals surface area (Å²) >= 11 is 0. The number of aromatic nitrogens is 1. The first-order valence-electron chi connectivity index (χ1n) is 3.90. The molecule has 0 saturated heterocycles. The molecule has 1 N–H and O–H groups in total. The van der Waals surface area contributed by atoms with E-state index in [1.807, 2.05) is 13.8 Å². The van der Waals surface area contributed by atoms with E-state index < -0.39 is 0 Å². The predicted octanol–water partition coefficient (Wildman–Crippen LogP) is 1.46. The molecule has 0 bridgehead atoms. The topological polar surface area (TPSA) is 57.6 Å². The van der Waals surface area contributed by atoms with Crippen molar-refractivity contribution in [2.75, 3.05) is 0 Å². The fourth-order valence-corrected chi connectivity index (χ4v) is 0.505. The number of nitrogens with zero attached hydrogens (tertiary/aromatic N) is 2. The van der Waals surface area contributed by atoms with Crippen molar-refractivity contribution in [1.82, 2.24) is 4.98 Å². The Bertz CT molecular complexity index is 287. The summed E-state index contributed by atoms with van der Waals surface area (Å²) in [6.07, 6.45) is 6.48. The van der Waals surface area contributed by atoms with Gasteiger partial charge < -0.3 is 4.98 Å². The molecule has 0 spiro atoms. The highest BCUT2D eigenvalue weighted by atomic mass is 16.1. The van der Waals surface area contributed by atoms with Crippen LogP contribution in [0.1, 0.15) is 13.8 Å². The smallest absolute Gasteiger partial charge is 0.181 e. The molecule has 70 valence electrons. The molecule has 0 radical (unpaired) electrons. The summed E-state index contributed by atoms with van der Waals surface area (Å²) in [5.74, 6) is 0. The van der Waals surface area contributed by atoms with Gasteiger partial charge >= 0.3 is 0 Å². The largest absolute Gasteiger partial charge is 0.367 e. The third kappa shape index (κ3) is 8.19. The van der Waals surface area contributed by atoms with Crippen LogP contribution in [0.25, 0.3) is 0 Å². The van der Waals surface area contributed by atoms with Gasteiger partial charge in [0.2, 0.25) is 0 Å². The highest BCUT2D eigenvalue weighted by Crippen LogP contribution is 1.64. The summed E-state index contributed by atoms with van der Waals surface area (Å²) in [6, 6.07) is 2.94. The fraction of sp³-hybridized carbons (Fsp3) is 0.222. The Kier molecular flexibility index (Phi) is 7.28. The van der Waals surface area contributed by atoms with E-state index in [2.05, 4.69) is 15.2 Å². The highest BCUT2D eigenvalue weighted by molar-refractivity contribution is 5.57. The average Bonchev–Trinajstić information content (AvgIpc) is 2.17. The predicted molar refractivity (Wildman–Crippen MR) is 55.4 cm³/mol. The van der Waals surface area contributed by atoms with E-state index in [0.29, 0.717) is 0 Å². The van der Waals surface area contributed by atoms with Gasteiger partial charge in [-0.1, -0.05) is 0 Å². The molecule has 0 atom stereocenters. The third-order valence-electron chi connectivity index (χ3n) is 0.985. The van der Waals surface area contributed by atoms with Crippen molar-refractivity contribution in [2.45, 2.75) is 13.8 Å². The SMILES string of the molecule is CC=NN=CC.O=c1cc[nH]cc1. The molecule has 4 heteroatoms. The minimum atomic E-state index is 0.0405. The minimum absolute atomic E-state index is 0.0405. The normalized spacial score (nSPS) is 10.0. The van der Waals surface area contributed by atoms with E-state index in [-0.39, 0.29) is 5.43 Å². The quantitative estimate of drug-likeness (QED) is 0.515. The molecule has 0 aliphatic heterocycles. The standard InChI is InChI=1S/C5H5NO.C4H8N2/c7-5-1-3-6-4-2-5;1-3-5-6-4-2/h1-4H,(H,6,7);3-4H,1-2H3. The first-order valence-corrected chi connectivity index (χ1v) is 3.90. The lowest BCUT2D eigenvalue weighted by molar-refractivity contribution is 1.26. The molecule has 0 unspecified atom stereocenters. The van der Waals surface area contributed by atoms with Crippen LogP contribution < -0.4 is 5.43 Å². The Balaban J connectivity index is 0.000000226. The van der Waals surface area contributed by atoms with Crippen LogP contribution in [-0.4, -0.2) is 17.4 Å². The van der Waals surface area contributed by atoms with Crippen molar-refractivity contribution < 1.29 is 0 Å². The van der Waals surface area contributed by atoms with E-state index in [4.69, 9.17) is 0 Å². The number of rotatable bonds is 1. The van der Waals surface area contributed by atoms with Crippen LogP contribution in [0, 0.1) is 0 Å². The van der Waals surface area contributed by atoms with Crippen molar-refractivity contribution in [1.29, 1.82) is 0 Å². The monoisotopic (exact) mass is 179 g/mol. The van der Waals surface area contributed by atoms with E-state index in [9.17, 15) is 4.79 Å². The summed E-state index contributed by atoms with van der Waals surface area (Å²) in [5.41, 5.74) is 0.0405. The Morgan fingerprint density at radius 1 is 1.15 bits per heavy atom. The molecule has 0 fully saturated rings. The van der Waals surface area contributed by atoms with Crippen LogP contribution >= 0.6 is 0 Å². The van der Waals surface area contributed by atoms with E-state index in [1.165, 1.54) is 12.1 Å². The van der Waals surface area contributed by atoms with Crippen LogP contribution in [0.5, 0.6) is 0 Å². The van der Waals surface area contributed by atoms with Crippen LogP contribution in [0.2, 0.25) is 0 Å². The number of nitrogens with one attached hydrogen (secondary N) is 1. The maximum Gasteiger partial charge on any atom is 0.181 e. The molecule has 0 aliphatic rings. The number of hydrogen-bond acceptors (Lipinski definition) is 3. The Hall–Kier alpha value is -1.71. The Labute approximate surface area is 77.0 Å². The second-order valence-electron chi connectivity index (χ2n) is 1.98. The van der Waals surface area contributed by atoms with E-state index in [0.717, 1.165) is 0 Å². The van der Waals surface area contributed by atoms with Gasteiger partial charge in [-0.25, -0.2) is 0 Å². The highest BCUT2D eigenvalue weighted by Gasteiger charge is 1.70. The molecular formula is C9H13N3O. The molecule has 0 amide bonds. The lowest BCUT2D eigenvalue weighted by Crippen LogP contribution is -1.92. The van der Waals surface area contributed by atoms with Crippen LogP contribution in [0.3, 0.4) is 0 Å². The molecule has 0 aromatic carbocycles.